The van der Waals surface area contributed by atoms with Crippen LogP contribution < -0.4 is 0 Å². The Morgan fingerprint density at radius 3 is 2.91 bits per heavy atom. The van der Waals surface area contributed by atoms with E-state index in [1.54, 1.807) is 11.3 Å². The van der Waals surface area contributed by atoms with Crippen LogP contribution in [0.1, 0.15) is 22.3 Å². The fourth-order valence-corrected chi connectivity index (χ4v) is 4.36. The van der Waals surface area contributed by atoms with E-state index < -0.39 is 0 Å². The first-order chi connectivity index (χ1) is 10.8. The van der Waals surface area contributed by atoms with Gasteiger partial charge in [-0.2, -0.15) is 11.3 Å². The predicted octanol–water partition coefficient (Wildman–Crippen LogP) is 2.49. The van der Waals surface area contributed by atoms with Crippen LogP contribution in [0.2, 0.25) is 0 Å². The molecule has 4 rings (SSSR count). The van der Waals surface area contributed by atoms with Crippen LogP contribution in [0.5, 0.6) is 0 Å². The van der Waals surface area contributed by atoms with Crippen LogP contribution in [0.3, 0.4) is 0 Å². The summed E-state index contributed by atoms with van der Waals surface area (Å²) < 4.78 is 0. The maximum Gasteiger partial charge on any atom is 0.255 e. The number of carbonyl (C=O) groups is 1. The summed E-state index contributed by atoms with van der Waals surface area (Å²) in [6, 6.07) is 6.46. The molecule has 5 heteroatoms. The standard InChI is InChI=1S/C17H19N3OS/c21-17(15-4-8-22-12-15)20-7-3-14-10-19(11-16(14)20)9-13-1-5-18-6-2-13/h1-2,4-6,8,12,14,16H,3,7,9-11H2. The van der Waals surface area contributed by atoms with Crippen molar-refractivity contribution in [2.45, 2.75) is 19.0 Å². The molecule has 0 aliphatic carbocycles. The number of hydrogen-bond acceptors (Lipinski definition) is 4. The van der Waals surface area contributed by atoms with Crippen molar-refractivity contribution >= 4 is 17.2 Å². The van der Waals surface area contributed by atoms with Crippen LogP contribution in [0.4, 0.5) is 0 Å². The van der Waals surface area contributed by atoms with Crippen molar-refractivity contribution in [2.24, 2.45) is 5.92 Å². The molecule has 2 aromatic heterocycles. The van der Waals surface area contributed by atoms with E-state index >= 15 is 0 Å². The molecule has 114 valence electrons. The van der Waals surface area contributed by atoms with Gasteiger partial charge in [-0.3, -0.25) is 14.7 Å². The monoisotopic (exact) mass is 313 g/mol. The van der Waals surface area contributed by atoms with Gasteiger partial charge in [-0.1, -0.05) is 0 Å². The van der Waals surface area contributed by atoms with Gasteiger partial charge in [-0.05, 0) is 41.5 Å². The minimum absolute atomic E-state index is 0.208. The van der Waals surface area contributed by atoms with Crippen molar-refractivity contribution in [3.05, 3.63) is 52.5 Å². The number of pyridine rings is 1. The quantitative estimate of drug-likeness (QED) is 0.873. The molecule has 2 fully saturated rings. The van der Waals surface area contributed by atoms with Gasteiger partial charge in [0, 0.05) is 50.0 Å². The van der Waals surface area contributed by atoms with Crippen LogP contribution in [0.25, 0.3) is 0 Å². The van der Waals surface area contributed by atoms with Crippen molar-refractivity contribution in [1.29, 1.82) is 0 Å². The smallest absolute Gasteiger partial charge is 0.255 e. The van der Waals surface area contributed by atoms with Crippen LogP contribution in [0, 0.1) is 5.92 Å². The highest BCUT2D eigenvalue weighted by Gasteiger charge is 2.43. The number of fused-ring (bicyclic) bond motifs is 1. The van der Waals surface area contributed by atoms with E-state index in [1.807, 2.05) is 29.2 Å². The van der Waals surface area contributed by atoms with Crippen LogP contribution >= 0.6 is 11.3 Å². The molecule has 22 heavy (non-hydrogen) atoms. The van der Waals surface area contributed by atoms with Crippen LogP contribution in [0.15, 0.2) is 41.4 Å². The zero-order chi connectivity index (χ0) is 14.9. The molecule has 4 heterocycles. The molecule has 2 aliphatic heterocycles. The molecular weight excluding hydrogens is 294 g/mol. The Labute approximate surface area is 134 Å². The van der Waals surface area contributed by atoms with Gasteiger partial charge in [-0.25, -0.2) is 0 Å². The van der Waals surface area contributed by atoms with E-state index in [9.17, 15) is 4.79 Å². The molecule has 4 nitrogen and oxygen atoms in total. The molecule has 2 aromatic rings. The maximum absolute atomic E-state index is 12.6. The van der Waals surface area contributed by atoms with Crippen molar-refractivity contribution in [3.63, 3.8) is 0 Å². The number of hydrogen-bond donors (Lipinski definition) is 0. The van der Waals surface area contributed by atoms with E-state index in [0.717, 1.165) is 38.2 Å². The highest BCUT2D eigenvalue weighted by Crippen LogP contribution is 2.33. The normalized spacial score (nSPS) is 24.6. The van der Waals surface area contributed by atoms with Crippen molar-refractivity contribution < 1.29 is 4.79 Å². The molecule has 0 saturated carbocycles. The van der Waals surface area contributed by atoms with Gasteiger partial charge in [0.05, 0.1) is 5.56 Å². The number of nitrogens with zero attached hydrogens (tertiary/aromatic N) is 3. The minimum Gasteiger partial charge on any atom is -0.334 e. The van der Waals surface area contributed by atoms with Gasteiger partial charge in [-0.15, -0.1) is 0 Å². The summed E-state index contributed by atoms with van der Waals surface area (Å²) in [4.78, 5) is 21.3. The van der Waals surface area contributed by atoms with Gasteiger partial charge in [0.25, 0.3) is 5.91 Å². The molecule has 0 spiro atoms. The number of rotatable bonds is 3. The van der Waals surface area contributed by atoms with Crippen molar-refractivity contribution in [1.82, 2.24) is 14.8 Å². The lowest BCUT2D eigenvalue weighted by Gasteiger charge is -2.24. The fourth-order valence-electron chi connectivity index (χ4n) is 3.73. The van der Waals surface area contributed by atoms with E-state index in [1.165, 1.54) is 5.56 Å². The lowest BCUT2D eigenvalue weighted by atomic mass is 10.1. The minimum atomic E-state index is 0.208. The second-order valence-electron chi connectivity index (χ2n) is 6.18. The summed E-state index contributed by atoms with van der Waals surface area (Å²) in [6.45, 7) is 3.95. The predicted molar refractivity (Wildman–Crippen MR) is 86.8 cm³/mol. The van der Waals surface area contributed by atoms with Crippen molar-refractivity contribution in [2.75, 3.05) is 19.6 Å². The van der Waals surface area contributed by atoms with Gasteiger partial charge in [0.15, 0.2) is 0 Å². The highest BCUT2D eigenvalue weighted by atomic mass is 32.1. The first kappa shape index (κ1) is 13.9. The lowest BCUT2D eigenvalue weighted by Crippen LogP contribution is -2.39. The number of amides is 1. The molecule has 2 saturated heterocycles. The second-order valence-corrected chi connectivity index (χ2v) is 6.96. The fraction of sp³-hybridized carbons (Fsp3) is 0.412. The van der Waals surface area contributed by atoms with E-state index in [4.69, 9.17) is 0 Å². The third-order valence-electron chi connectivity index (χ3n) is 4.81. The van der Waals surface area contributed by atoms with Crippen LogP contribution in [-0.2, 0) is 6.54 Å². The second kappa shape index (κ2) is 5.82. The van der Waals surface area contributed by atoms with Gasteiger partial charge >= 0.3 is 0 Å². The molecule has 2 aliphatic rings. The van der Waals surface area contributed by atoms with Gasteiger partial charge < -0.3 is 4.90 Å². The zero-order valence-corrected chi connectivity index (χ0v) is 13.2. The summed E-state index contributed by atoms with van der Waals surface area (Å²) in [5, 5.41) is 3.94. The molecule has 0 radical (unpaired) electrons. The van der Waals surface area contributed by atoms with Crippen molar-refractivity contribution in [3.8, 4) is 0 Å². The highest BCUT2D eigenvalue weighted by molar-refractivity contribution is 7.08. The Morgan fingerprint density at radius 1 is 1.27 bits per heavy atom. The molecule has 0 aromatic carbocycles. The number of carbonyl (C=O) groups excluding carboxylic acids is 1. The largest absolute Gasteiger partial charge is 0.334 e. The van der Waals surface area contributed by atoms with Crippen LogP contribution in [-0.4, -0.2) is 46.4 Å². The first-order valence-electron chi connectivity index (χ1n) is 7.75. The summed E-state index contributed by atoms with van der Waals surface area (Å²) in [7, 11) is 0. The maximum atomic E-state index is 12.6. The van der Waals surface area contributed by atoms with E-state index in [0.29, 0.717) is 12.0 Å². The third-order valence-corrected chi connectivity index (χ3v) is 5.49. The Balaban J connectivity index is 1.44. The average molecular weight is 313 g/mol. The molecule has 2 unspecified atom stereocenters. The molecular formula is C17H19N3OS. The molecule has 2 atom stereocenters. The zero-order valence-electron chi connectivity index (χ0n) is 12.4. The Kier molecular flexibility index (Phi) is 3.68. The Morgan fingerprint density at radius 2 is 2.14 bits per heavy atom. The summed E-state index contributed by atoms with van der Waals surface area (Å²) in [5.41, 5.74) is 2.14. The third kappa shape index (κ3) is 2.55. The summed E-state index contributed by atoms with van der Waals surface area (Å²) in [5.74, 6) is 0.837. The first-order valence-corrected chi connectivity index (χ1v) is 8.70. The molecule has 1 amide bonds. The van der Waals surface area contributed by atoms with Gasteiger partial charge in [0.2, 0.25) is 0 Å². The summed E-state index contributed by atoms with van der Waals surface area (Å²) >= 11 is 1.59. The topological polar surface area (TPSA) is 36.4 Å². The SMILES string of the molecule is O=C(c1ccsc1)N1CCC2CN(Cc3ccncc3)CC21. The lowest BCUT2D eigenvalue weighted by molar-refractivity contribution is 0.0727. The summed E-state index contributed by atoms with van der Waals surface area (Å²) in [6.07, 6.45) is 4.82. The average Bonchev–Trinajstić information content (AvgIpc) is 3.24. The van der Waals surface area contributed by atoms with Gasteiger partial charge in [0.1, 0.15) is 0 Å². The van der Waals surface area contributed by atoms with E-state index in [-0.39, 0.29) is 5.91 Å². The molecule has 0 bridgehead atoms. The number of thiophene rings is 1. The Hall–Kier alpha value is -1.72. The number of aromatic nitrogens is 1. The number of likely N-dealkylation sites (tertiary alicyclic amines) is 2. The molecule has 0 N–H and O–H groups in total. The van der Waals surface area contributed by atoms with E-state index in [2.05, 4.69) is 26.9 Å². The Bertz CT molecular complexity index is 643.